The second-order valence-electron chi connectivity index (χ2n) is 22.4. The molecule has 68 heavy (non-hydrogen) atoms. The van der Waals surface area contributed by atoms with Crippen LogP contribution in [0.2, 0.25) is 0 Å². The van der Waals surface area contributed by atoms with E-state index >= 15 is 0 Å². The van der Waals surface area contributed by atoms with Crippen molar-refractivity contribution in [3.05, 3.63) is 172 Å². The van der Waals surface area contributed by atoms with E-state index in [4.69, 9.17) is 4.42 Å². The van der Waals surface area contributed by atoms with Crippen molar-refractivity contribution in [3.8, 4) is 22.3 Å². The van der Waals surface area contributed by atoms with Gasteiger partial charge in [0, 0.05) is 64.9 Å². The van der Waals surface area contributed by atoms with Gasteiger partial charge in [-0.1, -0.05) is 141 Å². The Morgan fingerprint density at radius 3 is 1.62 bits per heavy atom. The fraction of sp³-hybridized carbons (Fsp3) is 0.226. The average molecular weight is 921 g/mol. The summed E-state index contributed by atoms with van der Waals surface area (Å²) in [5, 5.41) is 8.43. The fourth-order valence-corrected chi connectivity index (χ4v) is 13.0. The van der Waals surface area contributed by atoms with E-state index in [-0.39, 0.29) is 23.0 Å². The molecule has 0 bridgehead atoms. The molecule has 10 aromatic rings. The van der Waals surface area contributed by atoms with Crippen molar-refractivity contribution in [1.82, 2.24) is 0 Å². The van der Waals surface area contributed by atoms with Gasteiger partial charge in [0.25, 0.3) is 6.71 Å². The first-order valence-electron chi connectivity index (χ1n) is 24.1. The Kier molecular flexibility index (Phi) is 9.53. The van der Waals surface area contributed by atoms with Crippen LogP contribution < -0.4 is 26.2 Å². The first kappa shape index (κ1) is 43.0. The molecule has 0 unspecified atom stereocenters. The highest BCUT2D eigenvalue weighted by Gasteiger charge is 2.47. The summed E-state index contributed by atoms with van der Waals surface area (Å²) in [7, 11) is 0. The van der Waals surface area contributed by atoms with Gasteiger partial charge in [0.2, 0.25) is 5.88 Å². The minimum absolute atomic E-state index is 0.00199. The maximum Gasteiger partial charge on any atom is 0.257 e. The second-order valence-corrected chi connectivity index (χ2v) is 24.2. The molecule has 3 nitrogen and oxygen atoms in total. The molecule has 7 aromatic carbocycles. The van der Waals surface area contributed by atoms with Crippen molar-refractivity contribution >= 4 is 111 Å². The van der Waals surface area contributed by atoms with Crippen molar-refractivity contribution in [2.45, 2.75) is 92.4 Å². The van der Waals surface area contributed by atoms with Crippen molar-refractivity contribution in [3.63, 3.8) is 0 Å². The van der Waals surface area contributed by atoms with Gasteiger partial charge in [-0.25, -0.2) is 0 Å². The van der Waals surface area contributed by atoms with Crippen molar-refractivity contribution in [2.24, 2.45) is 0 Å². The normalized spacial score (nSPS) is 13.7. The summed E-state index contributed by atoms with van der Waals surface area (Å²) in [4.78, 5) is 5.08. The highest BCUT2D eigenvalue weighted by atomic mass is 32.1. The van der Waals surface area contributed by atoms with Crippen LogP contribution in [-0.4, -0.2) is 6.71 Å². The first-order chi connectivity index (χ1) is 32.4. The molecule has 0 spiro atoms. The highest BCUT2D eigenvalue weighted by Crippen LogP contribution is 2.50. The van der Waals surface area contributed by atoms with Crippen molar-refractivity contribution in [1.29, 1.82) is 0 Å². The van der Waals surface area contributed by atoms with E-state index in [9.17, 15) is 0 Å². The molecule has 6 heteroatoms. The van der Waals surface area contributed by atoms with E-state index in [0.717, 1.165) is 17.2 Å². The number of benzene rings is 7. The maximum atomic E-state index is 7.39. The second kappa shape index (κ2) is 15.1. The Bertz CT molecular complexity index is 3650. The van der Waals surface area contributed by atoms with E-state index < -0.39 is 0 Å². The lowest BCUT2D eigenvalue weighted by Gasteiger charge is -2.44. The molecule has 0 saturated heterocycles. The molecule has 336 valence electrons. The summed E-state index contributed by atoms with van der Waals surface area (Å²) >= 11 is 3.64. The summed E-state index contributed by atoms with van der Waals surface area (Å²) in [5.41, 5.74) is 21.8. The standard InChI is InChI=1S/C62H57BN2OS2/c1-36-28-41(61(6,7)8)29-37(2)58(36)65-52-33-42(62(9,10)11)32-51-57(52)63(56-46-31-40(60(3,4)5)23-27-53(46)66-59(56)65)49-30-39(48-35-68-55-19-15-13-17-45(48)55)22-26-50(49)64(51)43-24-20-38(21-25-43)47-34-67-54-18-14-12-16-44(47)54/h12-35H,1-11H3. The Labute approximate surface area is 409 Å². The van der Waals surface area contributed by atoms with E-state index in [1.807, 2.05) is 22.7 Å². The Morgan fingerprint density at radius 2 is 1.01 bits per heavy atom. The molecule has 2 aliphatic heterocycles. The van der Waals surface area contributed by atoms with Gasteiger partial charge in [-0.15, -0.1) is 22.7 Å². The Balaban J connectivity index is 1.19. The summed E-state index contributed by atoms with van der Waals surface area (Å²) < 4.78 is 10.0. The van der Waals surface area contributed by atoms with E-state index in [0.29, 0.717) is 0 Å². The number of nitrogens with zero attached hydrogens (tertiary/aromatic N) is 2. The summed E-state index contributed by atoms with van der Waals surface area (Å²) in [6.07, 6.45) is 0. The van der Waals surface area contributed by atoms with E-state index in [1.165, 1.54) is 115 Å². The van der Waals surface area contributed by atoms with Crippen LogP contribution in [0.3, 0.4) is 0 Å². The number of furan rings is 1. The molecule has 2 aliphatic rings. The zero-order valence-corrected chi connectivity index (χ0v) is 42.7. The van der Waals surface area contributed by atoms with Crippen molar-refractivity contribution < 1.29 is 4.42 Å². The highest BCUT2D eigenvalue weighted by molar-refractivity contribution is 7.18. The molecule has 3 aromatic heterocycles. The SMILES string of the molecule is Cc1cc(C(C)(C)C)cc(C)c1N1c2cc(C(C)(C)C)cc3c2B(c2cc(-c4csc5ccccc45)ccc2N3c2ccc(-c3csc4ccccc34)cc2)c2c1oc1ccc(C(C)(C)C)cc21. The number of fused-ring (bicyclic) bond motifs is 8. The molecular formula is C62H57BN2OS2. The van der Waals surface area contributed by atoms with Crippen LogP contribution in [0.1, 0.15) is 90.1 Å². The Morgan fingerprint density at radius 1 is 0.471 bits per heavy atom. The molecule has 0 amide bonds. The van der Waals surface area contributed by atoms with Crippen LogP contribution in [0, 0.1) is 13.8 Å². The molecule has 0 saturated carbocycles. The molecular weight excluding hydrogens is 864 g/mol. The summed E-state index contributed by atoms with van der Waals surface area (Å²) in [6, 6.07) is 50.9. The third-order valence-corrected chi connectivity index (χ3v) is 16.6. The lowest BCUT2D eigenvalue weighted by molar-refractivity contribution is 0.587. The van der Waals surface area contributed by atoms with Crippen LogP contribution in [0.4, 0.5) is 34.3 Å². The third kappa shape index (κ3) is 6.65. The number of aryl methyl sites for hydroxylation is 2. The molecule has 0 aliphatic carbocycles. The minimum atomic E-state index is -0.150. The average Bonchev–Trinajstić information content (AvgIpc) is 4.04. The summed E-state index contributed by atoms with van der Waals surface area (Å²) in [5.74, 6) is 0.911. The number of anilines is 6. The third-order valence-electron chi connectivity index (χ3n) is 14.7. The molecule has 0 fully saturated rings. The zero-order chi connectivity index (χ0) is 47.2. The quantitative estimate of drug-likeness (QED) is 0.164. The fourth-order valence-electron chi connectivity index (χ4n) is 11.0. The van der Waals surface area contributed by atoms with Crippen LogP contribution in [0.15, 0.2) is 149 Å². The largest absolute Gasteiger partial charge is 0.440 e. The number of hydrogen-bond acceptors (Lipinski definition) is 5. The van der Waals surface area contributed by atoms with Gasteiger partial charge >= 0.3 is 0 Å². The first-order valence-corrected chi connectivity index (χ1v) is 25.8. The van der Waals surface area contributed by atoms with Crippen molar-refractivity contribution in [2.75, 3.05) is 9.80 Å². The van der Waals surface area contributed by atoms with E-state index in [2.05, 4.69) is 230 Å². The van der Waals surface area contributed by atoms with Gasteiger partial charge < -0.3 is 9.32 Å². The van der Waals surface area contributed by atoms with Gasteiger partial charge in [-0.05, 0) is 145 Å². The molecule has 5 heterocycles. The summed E-state index contributed by atoms with van der Waals surface area (Å²) in [6.45, 7) is 25.4. The number of thiophene rings is 2. The van der Waals surface area contributed by atoms with Crippen LogP contribution in [-0.2, 0) is 16.2 Å². The Hall–Kier alpha value is -6.34. The lowest BCUT2D eigenvalue weighted by Crippen LogP contribution is -2.61. The van der Waals surface area contributed by atoms with Gasteiger partial charge in [0.1, 0.15) is 5.58 Å². The molecule has 0 radical (unpaired) electrons. The molecule has 0 atom stereocenters. The predicted octanol–water partition coefficient (Wildman–Crippen LogP) is 16.8. The zero-order valence-electron chi connectivity index (χ0n) is 41.1. The molecule has 0 N–H and O–H groups in total. The number of rotatable bonds is 4. The smallest absolute Gasteiger partial charge is 0.257 e. The lowest BCUT2D eigenvalue weighted by atomic mass is 9.33. The topological polar surface area (TPSA) is 19.6 Å². The van der Waals surface area contributed by atoms with Gasteiger partial charge in [0.05, 0.1) is 5.69 Å². The van der Waals surface area contributed by atoms with Crippen LogP contribution in [0.25, 0.3) is 53.4 Å². The van der Waals surface area contributed by atoms with E-state index in [1.54, 1.807) is 0 Å². The van der Waals surface area contributed by atoms with Crippen LogP contribution >= 0.6 is 22.7 Å². The molecule has 12 rings (SSSR count). The van der Waals surface area contributed by atoms with Gasteiger partial charge in [0.15, 0.2) is 0 Å². The number of hydrogen-bond donors (Lipinski definition) is 0. The van der Waals surface area contributed by atoms with Gasteiger partial charge in [-0.3, -0.25) is 4.90 Å². The monoisotopic (exact) mass is 920 g/mol. The minimum Gasteiger partial charge on any atom is -0.440 e. The predicted molar refractivity (Wildman–Crippen MR) is 297 cm³/mol. The maximum absolute atomic E-state index is 7.39. The van der Waals surface area contributed by atoms with Gasteiger partial charge in [-0.2, -0.15) is 0 Å². The van der Waals surface area contributed by atoms with Crippen LogP contribution in [0.5, 0.6) is 0 Å².